The smallest absolute Gasteiger partial charge is 0.146 e. The largest absolute Gasteiger partial charge is 0.310 e. The molecule has 0 aliphatic rings. The monoisotopic (exact) mass is 789 g/mol. The molecule has 55 heavy (non-hydrogen) atoms. The van der Waals surface area contributed by atoms with Crippen molar-refractivity contribution in [2.45, 2.75) is 133 Å². The highest BCUT2D eigenvalue weighted by Gasteiger charge is 2.38. The van der Waals surface area contributed by atoms with E-state index in [-0.39, 0.29) is 5.82 Å². The fourth-order valence-electron chi connectivity index (χ4n) is 8.68. The van der Waals surface area contributed by atoms with Crippen LogP contribution in [0.15, 0.2) is 91.0 Å². The molecule has 5 aromatic carbocycles. The summed E-state index contributed by atoms with van der Waals surface area (Å²) in [6.45, 7) is 24.6. The minimum Gasteiger partial charge on any atom is -0.310 e. The van der Waals surface area contributed by atoms with Gasteiger partial charge in [-0.3, -0.25) is 0 Å². The summed E-state index contributed by atoms with van der Waals surface area (Å²) in [5.41, 5.74) is 10.6. The first-order valence-corrected chi connectivity index (χ1v) is 26.0. The first kappa shape index (κ1) is 43.0. The first-order valence-electron chi connectivity index (χ1n) is 20.8. The van der Waals surface area contributed by atoms with E-state index in [0.29, 0.717) is 0 Å². The van der Waals surface area contributed by atoms with Gasteiger partial charge in [0.15, 0.2) is 0 Å². The normalized spacial score (nSPS) is 11.9. The molecule has 5 rings (SSSR count). The summed E-state index contributed by atoms with van der Waals surface area (Å²) in [6.07, 6.45) is 7.24. The van der Waals surface area contributed by atoms with Gasteiger partial charge >= 0.3 is 0 Å². The summed E-state index contributed by atoms with van der Waals surface area (Å²) in [6, 6.07) is 38.4. The zero-order valence-electron chi connectivity index (χ0n) is 35.7. The first-order chi connectivity index (χ1) is 26.3. The van der Waals surface area contributed by atoms with Crippen molar-refractivity contribution in [3.8, 4) is 0 Å². The minimum absolute atomic E-state index is 0.0682. The Morgan fingerprint density at radius 2 is 0.727 bits per heavy atom. The van der Waals surface area contributed by atoms with Gasteiger partial charge in [0.25, 0.3) is 0 Å². The number of rotatable bonds is 17. The topological polar surface area (TPSA) is 3.24 Å². The molecule has 0 saturated heterocycles. The van der Waals surface area contributed by atoms with Crippen LogP contribution in [-0.2, 0) is 0 Å². The van der Waals surface area contributed by atoms with Crippen molar-refractivity contribution in [1.29, 1.82) is 0 Å². The highest BCUT2D eigenvalue weighted by Crippen LogP contribution is 2.58. The quantitative estimate of drug-likeness (QED) is 0.0670. The van der Waals surface area contributed by atoms with E-state index in [1.165, 1.54) is 128 Å². The number of aryl methyl sites for hydroxylation is 8. The lowest BCUT2D eigenvalue weighted by Crippen LogP contribution is -2.47. The van der Waals surface area contributed by atoms with Crippen LogP contribution in [0.1, 0.15) is 104 Å². The van der Waals surface area contributed by atoms with E-state index >= 15 is 4.39 Å². The second-order valence-electron chi connectivity index (χ2n) is 16.6. The van der Waals surface area contributed by atoms with Crippen LogP contribution in [0.25, 0.3) is 0 Å². The standard InChI is InChI=1S/C50H66FNP2Si/c1-12-15-20-55(21-16-13-2,22-17-14-3)48-18-19-50(49(51)35-48)52(53(44-27-36(4)23-37(5)28-44)45-29-38(6)24-39(7)30-45)54(46-31-40(8)25-41(9)32-46)47-33-42(10)26-43(11)34-47/h18-19,23-35H,12-17,20-22H2,1-11H3. The third-order valence-electron chi connectivity index (χ3n) is 11.0. The van der Waals surface area contributed by atoms with Gasteiger partial charge in [0.1, 0.15) is 5.82 Å². The third kappa shape index (κ3) is 10.7. The molecule has 0 saturated carbocycles. The molecule has 0 unspecified atom stereocenters. The van der Waals surface area contributed by atoms with E-state index in [2.05, 4.69) is 166 Å². The Morgan fingerprint density at radius 1 is 0.436 bits per heavy atom. The molecule has 0 bridgehead atoms. The number of hydrogen-bond acceptors (Lipinski definition) is 1. The summed E-state index contributed by atoms with van der Waals surface area (Å²) in [7, 11) is -4.40. The molecule has 0 aliphatic heterocycles. The Bertz CT molecular complexity index is 1760. The number of benzene rings is 5. The zero-order valence-corrected chi connectivity index (χ0v) is 38.5. The number of unbranched alkanes of at least 4 members (excludes halogenated alkanes) is 3. The molecule has 0 aliphatic carbocycles. The van der Waals surface area contributed by atoms with E-state index in [1.54, 1.807) is 0 Å². The van der Waals surface area contributed by atoms with Gasteiger partial charge in [-0.2, -0.15) is 0 Å². The van der Waals surface area contributed by atoms with Crippen molar-refractivity contribution >= 4 is 56.3 Å². The number of anilines is 1. The Morgan fingerprint density at radius 3 is 0.982 bits per heavy atom. The average Bonchev–Trinajstić information content (AvgIpc) is 3.10. The van der Waals surface area contributed by atoms with Crippen LogP contribution in [0.2, 0.25) is 18.1 Å². The van der Waals surface area contributed by atoms with Crippen molar-refractivity contribution in [3.05, 3.63) is 141 Å². The molecule has 0 heterocycles. The van der Waals surface area contributed by atoms with Crippen molar-refractivity contribution in [2.75, 3.05) is 4.44 Å². The summed E-state index contributed by atoms with van der Waals surface area (Å²) in [5, 5.41) is 6.38. The maximum atomic E-state index is 18.0. The predicted octanol–water partition coefficient (Wildman–Crippen LogP) is 13.3. The maximum absolute atomic E-state index is 18.0. The Kier molecular flexibility index (Phi) is 15.2. The third-order valence-corrected chi connectivity index (χ3v) is 21.7. The van der Waals surface area contributed by atoms with Gasteiger partial charge in [0.05, 0.1) is 29.9 Å². The molecule has 0 atom stereocenters. The van der Waals surface area contributed by atoms with Gasteiger partial charge in [0.2, 0.25) is 0 Å². The summed E-state index contributed by atoms with van der Waals surface area (Å²) in [5.74, 6) is -0.0682. The minimum atomic E-state index is -1.94. The Hall–Kier alpha value is -3.09. The van der Waals surface area contributed by atoms with Crippen molar-refractivity contribution in [3.63, 3.8) is 0 Å². The predicted molar refractivity (Wildman–Crippen MR) is 249 cm³/mol. The van der Waals surface area contributed by atoms with Crippen LogP contribution in [0.4, 0.5) is 10.1 Å². The average molecular weight is 790 g/mol. The molecule has 0 N–H and O–H groups in total. The van der Waals surface area contributed by atoms with E-state index in [0.717, 1.165) is 5.69 Å². The van der Waals surface area contributed by atoms with Crippen LogP contribution in [0, 0.1) is 61.2 Å². The number of halogens is 1. The van der Waals surface area contributed by atoms with E-state index in [4.69, 9.17) is 0 Å². The molecule has 5 heteroatoms. The maximum Gasteiger partial charge on any atom is 0.146 e. The van der Waals surface area contributed by atoms with E-state index < -0.39 is 24.2 Å². The molecule has 0 aromatic heterocycles. The van der Waals surface area contributed by atoms with E-state index in [1.807, 2.05) is 6.07 Å². The molecule has 5 aromatic rings. The van der Waals surface area contributed by atoms with Gasteiger partial charge in [0, 0.05) is 21.2 Å². The van der Waals surface area contributed by atoms with Crippen molar-refractivity contribution in [2.24, 2.45) is 0 Å². The molecule has 0 fully saturated rings. The van der Waals surface area contributed by atoms with Gasteiger partial charge < -0.3 is 4.44 Å². The Balaban J connectivity index is 1.91. The highest BCUT2D eigenvalue weighted by atomic mass is 31.2. The SMILES string of the molecule is CCCC[Si](CCCC)(CCCC)c1ccc(N(P(c2cc(C)cc(C)c2)c2cc(C)cc(C)c2)P(c2cc(C)cc(C)c2)c2cc(C)cc(C)c2)c(F)c1. The van der Waals surface area contributed by atoms with Gasteiger partial charge in [-0.05, 0) is 116 Å². The lowest BCUT2D eigenvalue weighted by molar-refractivity contribution is 0.632. The van der Waals surface area contributed by atoms with Crippen LogP contribution in [-0.4, -0.2) is 8.07 Å². The summed E-state index contributed by atoms with van der Waals surface area (Å²) in [4.78, 5) is 0. The van der Waals surface area contributed by atoms with Gasteiger partial charge in [-0.25, -0.2) is 4.39 Å². The van der Waals surface area contributed by atoms with Gasteiger partial charge in [-0.15, -0.1) is 0 Å². The second kappa shape index (κ2) is 19.4. The Labute approximate surface area is 337 Å². The van der Waals surface area contributed by atoms with Crippen molar-refractivity contribution < 1.29 is 4.39 Å². The highest BCUT2D eigenvalue weighted by molar-refractivity contribution is 7.90. The summed E-state index contributed by atoms with van der Waals surface area (Å²) >= 11 is 0. The summed E-state index contributed by atoms with van der Waals surface area (Å²) < 4.78 is 20.6. The molecular formula is C50H66FNP2Si. The fourth-order valence-corrected chi connectivity index (χ4v) is 21.1. The molecule has 1 nitrogen and oxygen atoms in total. The zero-order chi connectivity index (χ0) is 39.9. The number of hydrogen-bond donors (Lipinski definition) is 0. The van der Waals surface area contributed by atoms with Crippen LogP contribution in [0.5, 0.6) is 0 Å². The lowest BCUT2D eigenvalue weighted by Gasteiger charge is -2.42. The van der Waals surface area contributed by atoms with Crippen molar-refractivity contribution in [1.82, 2.24) is 0 Å². The molecule has 0 radical (unpaired) electrons. The van der Waals surface area contributed by atoms with Crippen LogP contribution >= 0.6 is 16.1 Å². The van der Waals surface area contributed by atoms with Crippen LogP contribution < -0.4 is 30.8 Å². The molecule has 0 spiro atoms. The number of nitrogens with zero attached hydrogens (tertiary/aromatic N) is 1. The second-order valence-corrected chi connectivity index (χ2v) is 25.6. The van der Waals surface area contributed by atoms with E-state index in [9.17, 15) is 0 Å². The van der Waals surface area contributed by atoms with Crippen LogP contribution in [0.3, 0.4) is 0 Å². The fraction of sp³-hybridized carbons (Fsp3) is 0.400. The van der Waals surface area contributed by atoms with Gasteiger partial charge in [-0.1, -0.05) is 157 Å². The molecule has 0 amide bonds. The molecule has 292 valence electrons. The molecular weight excluding hydrogens is 724 g/mol. The lowest BCUT2D eigenvalue weighted by atomic mass is 10.2.